The van der Waals surface area contributed by atoms with E-state index in [1.165, 1.54) is 12.1 Å². The molecular weight excluding hydrogens is 197 g/mol. The van der Waals surface area contributed by atoms with Crippen molar-refractivity contribution in [3.8, 4) is 0 Å². The highest BCUT2D eigenvalue weighted by molar-refractivity contribution is 5.69. The number of rotatable bonds is 2. The Balaban J connectivity index is 2.10. The van der Waals surface area contributed by atoms with Crippen molar-refractivity contribution in [2.24, 2.45) is 0 Å². The molecule has 0 saturated carbocycles. The quantitative estimate of drug-likeness (QED) is 0.809. The van der Waals surface area contributed by atoms with Gasteiger partial charge in [-0.25, -0.2) is 9.18 Å². The Bertz CT molecular complexity index is 363. The number of carbonyl (C=O) groups excluding carboxylic acids is 1. The Labute approximate surface area is 87.2 Å². The SMILES string of the molecule is CC(c1ccc(F)cc1)C1COC(=O)N1. The standard InChI is InChI=1S/C11H12FNO2/c1-7(10-6-15-11(14)13-10)8-2-4-9(12)5-3-8/h2-5,7,10H,6H2,1H3,(H,13,14). The number of cyclic esters (lactones) is 1. The van der Waals surface area contributed by atoms with Crippen LogP contribution in [0.3, 0.4) is 0 Å². The van der Waals surface area contributed by atoms with Gasteiger partial charge >= 0.3 is 6.09 Å². The van der Waals surface area contributed by atoms with E-state index >= 15 is 0 Å². The van der Waals surface area contributed by atoms with E-state index < -0.39 is 0 Å². The molecule has 0 spiro atoms. The molecule has 0 radical (unpaired) electrons. The van der Waals surface area contributed by atoms with E-state index in [2.05, 4.69) is 5.32 Å². The second kappa shape index (κ2) is 3.88. The van der Waals surface area contributed by atoms with Crippen molar-refractivity contribution >= 4 is 6.09 Å². The van der Waals surface area contributed by atoms with Gasteiger partial charge in [0.1, 0.15) is 12.4 Å². The monoisotopic (exact) mass is 209 g/mol. The van der Waals surface area contributed by atoms with Gasteiger partial charge < -0.3 is 10.1 Å². The molecule has 15 heavy (non-hydrogen) atoms. The van der Waals surface area contributed by atoms with E-state index in [4.69, 9.17) is 4.74 Å². The molecule has 0 aliphatic carbocycles. The lowest BCUT2D eigenvalue weighted by atomic mass is 9.94. The first-order chi connectivity index (χ1) is 7.16. The number of hydrogen-bond donors (Lipinski definition) is 1. The molecule has 1 aromatic rings. The molecule has 1 aromatic carbocycles. The van der Waals surface area contributed by atoms with Crippen LogP contribution >= 0.6 is 0 Å². The lowest BCUT2D eigenvalue weighted by molar-refractivity contribution is 0.176. The van der Waals surface area contributed by atoms with Crippen molar-refractivity contribution in [3.63, 3.8) is 0 Å². The molecule has 1 aliphatic rings. The van der Waals surface area contributed by atoms with Gasteiger partial charge in [-0.05, 0) is 17.7 Å². The smallest absolute Gasteiger partial charge is 0.407 e. The molecule has 1 saturated heterocycles. The molecule has 1 amide bonds. The fourth-order valence-corrected chi connectivity index (χ4v) is 1.67. The van der Waals surface area contributed by atoms with E-state index in [0.29, 0.717) is 6.61 Å². The van der Waals surface area contributed by atoms with Crippen LogP contribution in [-0.2, 0) is 4.74 Å². The zero-order valence-electron chi connectivity index (χ0n) is 8.37. The van der Waals surface area contributed by atoms with Gasteiger partial charge in [0.15, 0.2) is 0 Å². The van der Waals surface area contributed by atoms with Gasteiger partial charge in [0.05, 0.1) is 6.04 Å². The summed E-state index contributed by atoms with van der Waals surface area (Å²) < 4.78 is 17.5. The Morgan fingerprint density at radius 2 is 2.13 bits per heavy atom. The molecule has 1 N–H and O–H groups in total. The summed E-state index contributed by atoms with van der Waals surface area (Å²) in [6.07, 6.45) is -0.381. The fourth-order valence-electron chi connectivity index (χ4n) is 1.67. The largest absolute Gasteiger partial charge is 0.447 e. The normalized spacial score (nSPS) is 22.0. The van der Waals surface area contributed by atoms with Gasteiger partial charge in [-0.2, -0.15) is 0 Å². The first-order valence-corrected chi connectivity index (χ1v) is 4.85. The van der Waals surface area contributed by atoms with Crippen molar-refractivity contribution < 1.29 is 13.9 Å². The van der Waals surface area contributed by atoms with Gasteiger partial charge in [-0.1, -0.05) is 19.1 Å². The van der Waals surface area contributed by atoms with Crippen LogP contribution < -0.4 is 5.32 Å². The highest BCUT2D eigenvalue weighted by Crippen LogP contribution is 2.21. The molecule has 1 aliphatic heterocycles. The zero-order valence-corrected chi connectivity index (χ0v) is 8.37. The van der Waals surface area contributed by atoms with Crippen LogP contribution in [0.4, 0.5) is 9.18 Å². The van der Waals surface area contributed by atoms with Crippen LogP contribution in [0.5, 0.6) is 0 Å². The third kappa shape index (κ3) is 2.09. The highest BCUT2D eigenvalue weighted by atomic mass is 19.1. The number of ether oxygens (including phenoxy) is 1. The number of alkyl carbamates (subject to hydrolysis) is 1. The Morgan fingerprint density at radius 1 is 1.47 bits per heavy atom. The van der Waals surface area contributed by atoms with Crippen LogP contribution in [0, 0.1) is 5.82 Å². The Kier molecular flexibility index (Phi) is 2.58. The summed E-state index contributed by atoms with van der Waals surface area (Å²) in [5.74, 6) is -0.130. The van der Waals surface area contributed by atoms with Crippen LogP contribution in [0.1, 0.15) is 18.4 Å². The summed E-state index contributed by atoms with van der Waals surface area (Å²) in [4.78, 5) is 10.9. The average Bonchev–Trinajstić information content (AvgIpc) is 2.65. The topological polar surface area (TPSA) is 38.3 Å². The van der Waals surface area contributed by atoms with Gasteiger partial charge in [0, 0.05) is 5.92 Å². The maximum Gasteiger partial charge on any atom is 0.407 e. The second-order valence-electron chi connectivity index (χ2n) is 3.69. The van der Waals surface area contributed by atoms with Gasteiger partial charge in [0.2, 0.25) is 0 Å². The summed E-state index contributed by atoms with van der Waals surface area (Å²) in [7, 11) is 0. The Morgan fingerprint density at radius 3 is 2.67 bits per heavy atom. The molecule has 1 heterocycles. The predicted octanol–water partition coefficient (Wildman–Crippen LogP) is 2.04. The first-order valence-electron chi connectivity index (χ1n) is 4.85. The maximum absolute atomic E-state index is 12.7. The van der Waals surface area contributed by atoms with Crippen molar-refractivity contribution in [2.45, 2.75) is 18.9 Å². The molecule has 2 rings (SSSR count). The van der Waals surface area contributed by atoms with Gasteiger partial charge in [-0.3, -0.25) is 0 Å². The van der Waals surface area contributed by atoms with E-state index in [1.54, 1.807) is 12.1 Å². The molecular formula is C11H12FNO2. The van der Waals surface area contributed by atoms with E-state index in [1.807, 2.05) is 6.92 Å². The van der Waals surface area contributed by atoms with Crippen LogP contribution in [0.2, 0.25) is 0 Å². The zero-order chi connectivity index (χ0) is 10.8. The van der Waals surface area contributed by atoms with Crippen molar-refractivity contribution in [1.29, 1.82) is 0 Å². The minimum Gasteiger partial charge on any atom is -0.447 e. The molecule has 2 unspecified atom stereocenters. The molecule has 80 valence electrons. The summed E-state index contributed by atoms with van der Waals surface area (Å²) in [5.41, 5.74) is 0.993. The molecule has 0 aromatic heterocycles. The lowest BCUT2D eigenvalue weighted by Gasteiger charge is -2.17. The number of hydrogen-bond acceptors (Lipinski definition) is 2. The highest BCUT2D eigenvalue weighted by Gasteiger charge is 2.28. The minimum absolute atomic E-state index is 0.0250. The summed E-state index contributed by atoms with van der Waals surface area (Å²) in [6, 6.07) is 6.27. The van der Waals surface area contributed by atoms with E-state index in [9.17, 15) is 9.18 Å². The lowest BCUT2D eigenvalue weighted by Crippen LogP contribution is -2.31. The molecule has 3 nitrogen and oxygen atoms in total. The average molecular weight is 209 g/mol. The predicted molar refractivity (Wildman–Crippen MR) is 53.1 cm³/mol. The van der Waals surface area contributed by atoms with Crippen LogP contribution in [-0.4, -0.2) is 18.7 Å². The summed E-state index contributed by atoms with van der Waals surface area (Å²) >= 11 is 0. The number of amides is 1. The molecule has 2 atom stereocenters. The van der Waals surface area contributed by atoms with Crippen molar-refractivity contribution in [3.05, 3.63) is 35.6 Å². The van der Waals surface area contributed by atoms with Crippen molar-refractivity contribution in [1.82, 2.24) is 5.32 Å². The maximum atomic E-state index is 12.7. The van der Waals surface area contributed by atoms with Gasteiger partial charge in [-0.15, -0.1) is 0 Å². The molecule has 4 heteroatoms. The molecule has 0 bridgehead atoms. The fraction of sp³-hybridized carbons (Fsp3) is 0.364. The first kappa shape index (κ1) is 9.96. The van der Waals surface area contributed by atoms with E-state index in [-0.39, 0.29) is 23.9 Å². The van der Waals surface area contributed by atoms with Crippen LogP contribution in [0.15, 0.2) is 24.3 Å². The second-order valence-corrected chi connectivity index (χ2v) is 3.69. The number of carbonyl (C=O) groups is 1. The van der Waals surface area contributed by atoms with Gasteiger partial charge in [0.25, 0.3) is 0 Å². The summed E-state index contributed by atoms with van der Waals surface area (Å²) in [6.45, 7) is 2.35. The molecule has 1 fully saturated rings. The third-order valence-corrected chi connectivity index (χ3v) is 2.70. The van der Waals surface area contributed by atoms with Crippen LogP contribution in [0.25, 0.3) is 0 Å². The third-order valence-electron chi connectivity index (χ3n) is 2.70. The summed E-state index contributed by atoms with van der Waals surface area (Å²) in [5, 5.41) is 2.71. The number of halogens is 1. The number of benzene rings is 1. The Hall–Kier alpha value is -1.58. The van der Waals surface area contributed by atoms with Crippen molar-refractivity contribution in [2.75, 3.05) is 6.61 Å². The number of nitrogens with one attached hydrogen (secondary N) is 1. The minimum atomic E-state index is -0.381. The van der Waals surface area contributed by atoms with E-state index in [0.717, 1.165) is 5.56 Å².